The first-order valence-corrected chi connectivity index (χ1v) is 7.29. The highest BCUT2D eigenvalue weighted by atomic mass is 32.1. The Bertz CT molecular complexity index is 494. The predicted octanol–water partition coefficient (Wildman–Crippen LogP) is 2.83. The minimum Gasteiger partial charge on any atom is -0.406 e. The summed E-state index contributed by atoms with van der Waals surface area (Å²) in [5.74, 6) is 0.620. The maximum atomic E-state index is 5.75. The van der Waals surface area contributed by atoms with Crippen LogP contribution >= 0.6 is 11.3 Å². The summed E-state index contributed by atoms with van der Waals surface area (Å²) in [5.41, 5.74) is 0. The van der Waals surface area contributed by atoms with Crippen LogP contribution in [0.25, 0.3) is 0 Å². The van der Waals surface area contributed by atoms with Gasteiger partial charge in [-0.1, -0.05) is 11.2 Å². The molecule has 0 aromatic carbocycles. The fourth-order valence-corrected chi connectivity index (χ4v) is 2.39. The lowest BCUT2D eigenvalue weighted by atomic mass is 10.3. The molecule has 1 N–H and O–H groups in total. The molecule has 1 atom stereocenters. The molecule has 2 rings (SSSR count). The molecular formula is C13H20N4OS. The van der Waals surface area contributed by atoms with E-state index in [0.717, 1.165) is 6.54 Å². The first-order chi connectivity index (χ1) is 9.11. The van der Waals surface area contributed by atoms with Crippen LogP contribution < -0.4 is 10.2 Å². The van der Waals surface area contributed by atoms with Crippen LogP contribution in [0.5, 0.6) is 0 Å². The first kappa shape index (κ1) is 14.0. The molecule has 2 aromatic rings. The molecule has 0 aliphatic carbocycles. The zero-order chi connectivity index (χ0) is 13.8. The number of anilines is 1. The number of nitrogens with zero attached hydrogens (tertiary/aromatic N) is 3. The van der Waals surface area contributed by atoms with Crippen LogP contribution in [0.3, 0.4) is 0 Å². The van der Waals surface area contributed by atoms with Gasteiger partial charge in [0.2, 0.25) is 5.89 Å². The normalized spacial score (nSPS) is 12.9. The van der Waals surface area contributed by atoms with Crippen LogP contribution in [0.15, 0.2) is 21.9 Å². The number of hydrogen-bond acceptors (Lipinski definition) is 6. The van der Waals surface area contributed by atoms with Gasteiger partial charge in [-0.15, -0.1) is 16.4 Å². The van der Waals surface area contributed by atoms with Crippen molar-refractivity contribution in [2.24, 2.45) is 0 Å². The number of hydrogen-bond donors (Lipinski definition) is 1. The maximum Gasteiger partial charge on any atom is 0.318 e. The zero-order valence-electron chi connectivity index (χ0n) is 11.8. The van der Waals surface area contributed by atoms with Gasteiger partial charge in [-0.05, 0) is 39.3 Å². The monoisotopic (exact) mass is 280 g/mol. The van der Waals surface area contributed by atoms with Crippen LogP contribution in [-0.2, 0) is 6.54 Å². The van der Waals surface area contributed by atoms with Gasteiger partial charge in [0.05, 0.1) is 12.6 Å². The van der Waals surface area contributed by atoms with Gasteiger partial charge >= 0.3 is 6.01 Å². The summed E-state index contributed by atoms with van der Waals surface area (Å²) in [5, 5.41) is 13.4. The number of aromatic nitrogens is 2. The van der Waals surface area contributed by atoms with Crippen molar-refractivity contribution in [3.8, 4) is 0 Å². The van der Waals surface area contributed by atoms with Gasteiger partial charge in [-0.2, -0.15) is 0 Å². The number of rotatable bonds is 6. The van der Waals surface area contributed by atoms with Crippen LogP contribution in [-0.4, -0.2) is 23.3 Å². The van der Waals surface area contributed by atoms with E-state index in [-0.39, 0.29) is 6.04 Å². The Kier molecular flexibility index (Phi) is 4.55. The molecule has 0 saturated carbocycles. The van der Waals surface area contributed by atoms with Gasteiger partial charge in [-0.3, -0.25) is 0 Å². The molecule has 0 saturated heterocycles. The second kappa shape index (κ2) is 6.16. The Morgan fingerprint density at radius 3 is 2.74 bits per heavy atom. The van der Waals surface area contributed by atoms with Gasteiger partial charge in [0.25, 0.3) is 0 Å². The quantitative estimate of drug-likeness (QED) is 0.881. The van der Waals surface area contributed by atoms with Crippen molar-refractivity contribution in [1.82, 2.24) is 15.5 Å². The molecule has 0 spiro atoms. The van der Waals surface area contributed by atoms with E-state index in [4.69, 9.17) is 4.42 Å². The molecule has 6 heteroatoms. The summed E-state index contributed by atoms with van der Waals surface area (Å²) in [6.45, 7) is 7.04. The molecule has 0 radical (unpaired) electrons. The molecule has 0 aliphatic rings. The molecule has 2 heterocycles. The SMILES string of the molecule is CNC(C)c1nnc(N(Cc2cccs2)C(C)C)o1. The average molecular weight is 280 g/mol. The Hall–Kier alpha value is -1.40. The van der Waals surface area contributed by atoms with Crippen LogP contribution in [0.4, 0.5) is 6.01 Å². The van der Waals surface area contributed by atoms with Gasteiger partial charge in [0.1, 0.15) is 0 Å². The summed E-state index contributed by atoms with van der Waals surface area (Å²) in [6, 6.07) is 5.13. The lowest BCUT2D eigenvalue weighted by Crippen LogP contribution is -2.30. The van der Waals surface area contributed by atoms with Crippen molar-refractivity contribution < 1.29 is 4.42 Å². The van der Waals surface area contributed by atoms with Crippen molar-refractivity contribution >= 4 is 17.4 Å². The summed E-state index contributed by atoms with van der Waals surface area (Å²) in [4.78, 5) is 3.40. The molecule has 5 nitrogen and oxygen atoms in total. The van der Waals surface area contributed by atoms with Gasteiger partial charge in [0.15, 0.2) is 0 Å². The van der Waals surface area contributed by atoms with Crippen molar-refractivity contribution in [3.63, 3.8) is 0 Å². The fourth-order valence-electron chi connectivity index (χ4n) is 1.68. The molecule has 0 fully saturated rings. The highest BCUT2D eigenvalue weighted by molar-refractivity contribution is 7.09. The Balaban J connectivity index is 2.17. The van der Waals surface area contributed by atoms with E-state index in [1.54, 1.807) is 11.3 Å². The minimum absolute atomic E-state index is 0.0667. The third-order valence-electron chi connectivity index (χ3n) is 3.01. The minimum atomic E-state index is 0.0667. The molecule has 0 aliphatic heterocycles. The largest absolute Gasteiger partial charge is 0.406 e. The van der Waals surface area contributed by atoms with E-state index in [1.165, 1.54) is 4.88 Å². The summed E-state index contributed by atoms with van der Waals surface area (Å²) >= 11 is 1.74. The number of nitrogens with one attached hydrogen (secondary N) is 1. The molecule has 0 bridgehead atoms. The van der Waals surface area contributed by atoms with Crippen molar-refractivity contribution in [3.05, 3.63) is 28.3 Å². The molecule has 1 unspecified atom stereocenters. The van der Waals surface area contributed by atoms with E-state index in [1.807, 2.05) is 14.0 Å². The second-order valence-corrected chi connectivity index (χ2v) is 5.77. The fraction of sp³-hybridized carbons (Fsp3) is 0.538. The van der Waals surface area contributed by atoms with Crippen molar-refractivity contribution in [2.75, 3.05) is 11.9 Å². The third kappa shape index (κ3) is 3.33. The summed E-state index contributed by atoms with van der Waals surface area (Å²) in [6.07, 6.45) is 0. The second-order valence-electron chi connectivity index (χ2n) is 4.73. The summed E-state index contributed by atoms with van der Waals surface area (Å²) < 4.78 is 5.75. The van der Waals surface area contributed by atoms with E-state index in [2.05, 4.69) is 51.8 Å². The lowest BCUT2D eigenvalue weighted by molar-refractivity contribution is 0.423. The van der Waals surface area contributed by atoms with E-state index >= 15 is 0 Å². The van der Waals surface area contributed by atoms with Crippen LogP contribution in [0, 0.1) is 0 Å². The molecule has 19 heavy (non-hydrogen) atoms. The van der Waals surface area contributed by atoms with Crippen molar-refractivity contribution in [1.29, 1.82) is 0 Å². The Morgan fingerprint density at radius 2 is 2.16 bits per heavy atom. The smallest absolute Gasteiger partial charge is 0.318 e. The zero-order valence-corrected chi connectivity index (χ0v) is 12.6. The van der Waals surface area contributed by atoms with Gasteiger partial charge < -0.3 is 14.6 Å². The highest BCUT2D eigenvalue weighted by Crippen LogP contribution is 2.22. The molecular weight excluding hydrogens is 260 g/mol. The van der Waals surface area contributed by atoms with Crippen molar-refractivity contribution in [2.45, 2.75) is 39.4 Å². The maximum absolute atomic E-state index is 5.75. The molecule has 0 amide bonds. The topological polar surface area (TPSA) is 54.2 Å². The van der Waals surface area contributed by atoms with Gasteiger partial charge in [0, 0.05) is 10.9 Å². The average Bonchev–Trinajstić information content (AvgIpc) is 3.05. The van der Waals surface area contributed by atoms with Crippen LogP contribution in [0.1, 0.15) is 37.6 Å². The molecule has 104 valence electrons. The lowest BCUT2D eigenvalue weighted by Gasteiger charge is -2.23. The van der Waals surface area contributed by atoms with E-state index in [0.29, 0.717) is 17.9 Å². The summed E-state index contributed by atoms with van der Waals surface area (Å²) in [7, 11) is 1.88. The highest BCUT2D eigenvalue weighted by Gasteiger charge is 2.20. The van der Waals surface area contributed by atoms with E-state index in [9.17, 15) is 0 Å². The molecule has 2 aromatic heterocycles. The van der Waals surface area contributed by atoms with E-state index < -0.39 is 0 Å². The van der Waals surface area contributed by atoms with Gasteiger partial charge in [-0.25, -0.2) is 0 Å². The number of thiophene rings is 1. The standard InChI is InChI=1S/C13H20N4OS/c1-9(2)17(8-11-6-5-7-19-11)13-16-15-12(18-13)10(3)14-4/h5-7,9-10,14H,8H2,1-4H3. The first-order valence-electron chi connectivity index (χ1n) is 6.41. The predicted molar refractivity (Wildman–Crippen MR) is 77.4 cm³/mol. The Morgan fingerprint density at radius 1 is 1.37 bits per heavy atom. The van der Waals surface area contributed by atoms with Crippen LogP contribution in [0.2, 0.25) is 0 Å². The Labute approximate surface area is 117 Å². The third-order valence-corrected chi connectivity index (χ3v) is 3.87.